The van der Waals surface area contributed by atoms with Gasteiger partial charge < -0.3 is 0 Å². The van der Waals surface area contributed by atoms with Crippen LogP contribution >= 0.6 is 0 Å². The Morgan fingerprint density at radius 1 is 0.583 bits per heavy atom. The van der Waals surface area contributed by atoms with E-state index in [1.54, 1.807) is 60.9 Å². The second kappa shape index (κ2) is 9.47. The normalized spacial score (nSPS) is 9.83. The molecule has 0 aliphatic heterocycles. The van der Waals surface area contributed by atoms with E-state index < -0.39 is 0 Å². The Kier molecular flexibility index (Phi) is 6.64. The van der Waals surface area contributed by atoms with Gasteiger partial charge in [-0.2, -0.15) is 0 Å². The Bertz CT molecular complexity index is 765. The fourth-order valence-electron chi connectivity index (χ4n) is 1.73. The van der Waals surface area contributed by atoms with E-state index in [2.05, 4.69) is 10.2 Å². The van der Waals surface area contributed by atoms with Gasteiger partial charge >= 0.3 is 0 Å². The monoisotopic (exact) mass is 320 g/mol. The lowest BCUT2D eigenvalue weighted by Gasteiger charge is -1.99. The van der Waals surface area contributed by atoms with Crippen LogP contribution in [0.4, 0.5) is 11.6 Å². The zero-order chi connectivity index (χ0) is 17.0. The van der Waals surface area contributed by atoms with Crippen LogP contribution in [-0.2, 0) is 9.59 Å². The molecule has 120 valence electrons. The molecule has 6 heteroatoms. The van der Waals surface area contributed by atoms with Crippen LogP contribution in [0, 0.1) is 0 Å². The average molecular weight is 320 g/mol. The minimum absolute atomic E-state index is 0.318. The Morgan fingerprint density at radius 3 is 1.38 bits per heavy atom. The van der Waals surface area contributed by atoms with Gasteiger partial charge in [-0.3, -0.25) is 18.7 Å². The van der Waals surface area contributed by atoms with Crippen molar-refractivity contribution < 1.29 is 9.59 Å². The number of carbonyl (C=O) groups excluding carboxylic acids is 2. The molecule has 0 aromatic carbocycles. The first-order valence-corrected chi connectivity index (χ1v) is 7.18. The van der Waals surface area contributed by atoms with Gasteiger partial charge in [-0.15, -0.1) is 10.2 Å². The summed E-state index contributed by atoms with van der Waals surface area (Å²) in [7, 11) is 0. The fourth-order valence-corrected chi connectivity index (χ4v) is 1.73. The van der Waals surface area contributed by atoms with E-state index in [1.165, 1.54) is 9.13 Å². The van der Waals surface area contributed by atoms with Crippen LogP contribution < -0.4 is 0 Å². The van der Waals surface area contributed by atoms with Gasteiger partial charge in [0.25, 0.3) is 0 Å². The maximum absolute atomic E-state index is 11.2. The summed E-state index contributed by atoms with van der Waals surface area (Å²) in [6, 6.07) is 21.0. The number of rotatable bonds is 4. The molecule has 0 saturated carbocycles. The molecular formula is C18H16N4O2. The van der Waals surface area contributed by atoms with Crippen molar-refractivity contribution in [3.8, 4) is 0 Å². The smallest absolute Gasteiger partial charge is 0.219 e. The lowest BCUT2D eigenvalue weighted by molar-refractivity contribution is 0.546. The van der Waals surface area contributed by atoms with Crippen molar-refractivity contribution >= 4 is 24.5 Å². The predicted octanol–water partition coefficient (Wildman–Crippen LogP) is 4.03. The molecule has 0 bridgehead atoms. The second-order valence-corrected chi connectivity index (χ2v) is 4.50. The van der Waals surface area contributed by atoms with Crippen LogP contribution in [0.15, 0.2) is 95.4 Å². The molecule has 0 unspecified atom stereocenters. The largest absolute Gasteiger partial charge is 0.278 e. The molecular weight excluding hydrogens is 304 g/mol. The summed E-state index contributed by atoms with van der Waals surface area (Å²) in [5.41, 5.74) is 0. The third kappa shape index (κ3) is 5.03. The lowest BCUT2D eigenvalue weighted by Crippen LogP contribution is -1.94. The maximum Gasteiger partial charge on any atom is 0.219 e. The molecule has 0 atom stereocenters. The van der Waals surface area contributed by atoms with Crippen LogP contribution in [0.3, 0.4) is 0 Å². The van der Waals surface area contributed by atoms with Gasteiger partial charge in [-0.25, -0.2) is 0 Å². The summed E-state index contributed by atoms with van der Waals surface area (Å²) in [6.07, 6.45) is 4.40. The fraction of sp³-hybridized carbons (Fsp3) is 0. The Hall–Kier alpha value is -3.54. The van der Waals surface area contributed by atoms with Crippen LogP contribution in [-0.4, -0.2) is 22.0 Å². The number of hydrogen-bond donors (Lipinski definition) is 0. The van der Waals surface area contributed by atoms with Crippen molar-refractivity contribution in [1.82, 2.24) is 9.13 Å². The molecule has 0 saturated heterocycles. The standard InChI is InChI=1S/C18H16N4O2/c23-15-21-13-9-5-1-3-7-11-17(21)19-20-18-12-8-4-2-6-10-14-22(18)16-24/h1-16H/b5-1?,6-2?,7-3?,8-4?,13-9?,14-10?,17-11?,18-12?,20-19+. The summed E-state index contributed by atoms with van der Waals surface area (Å²) in [6.45, 7) is 0. The van der Waals surface area contributed by atoms with Gasteiger partial charge in [0.15, 0.2) is 11.6 Å². The molecule has 2 rings (SSSR count). The van der Waals surface area contributed by atoms with Gasteiger partial charge in [-0.05, 0) is 24.3 Å². The first-order valence-electron chi connectivity index (χ1n) is 7.18. The zero-order valence-electron chi connectivity index (χ0n) is 12.8. The molecule has 0 aliphatic rings. The van der Waals surface area contributed by atoms with Crippen molar-refractivity contribution in [3.05, 3.63) is 85.2 Å². The minimum atomic E-state index is 0.318. The molecule has 6 nitrogen and oxygen atoms in total. The number of aromatic nitrogens is 2. The van der Waals surface area contributed by atoms with E-state index in [9.17, 15) is 9.59 Å². The number of nitrogens with zero attached hydrogens (tertiary/aromatic N) is 4. The van der Waals surface area contributed by atoms with Crippen LogP contribution in [0.1, 0.15) is 0 Å². The lowest BCUT2D eigenvalue weighted by atomic mass is 10.5. The number of hydrogen-bond acceptors (Lipinski definition) is 4. The molecule has 2 aromatic rings. The van der Waals surface area contributed by atoms with Gasteiger partial charge in [0.1, 0.15) is 0 Å². The molecule has 0 fully saturated rings. The first kappa shape index (κ1) is 16.8. The molecule has 0 aliphatic carbocycles. The van der Waals surface area contributed by atoms with E-state index >= 15 is 0 Å². The van der Waals surface area contributed by atoms with Gasteiger partial charge in [0.05, 0.1) is 0 Å². The van der Waals surface area contributed by atoms with Crippen molar-refractivity contribution in [2.45, 2.75) is 0 Å². The quantitative estimate of drug-likeness (QED) is 0.630. The topological polar surface area (TPSA) is 68.7 Å². The van der Waals surface area contributed by atoms with E-state index in [1.807, 2.05) is 24.3 Å². The Balaban J connectivity index is 2.57. The van der Waals surface area contributed by atoms with E-state index in [0.717, 1.165) is 0 Å². The SMILES string of the molecule is O=Cn1cccccccc1/N=N/c1cccccccn1C=O. The van der Waals surface area contributed by atoms with Crippen molar-refractivity contribution in [1.29, 1.82) is 0 Å². The molecule has 0 N–H and O–H groups in total. The van der Waals surface area contributed by atoms with E-state index in [4.69, 9.17) is 0 Å². The van der Waals surface area contributed by atoms with Gasteiger partial charge in [-0.1, -0.05) is 48.5 Å². The van der Waals surface area contributed by atoms with Gasteiger partial charge in [0.2, 0.25) is 12.8 Å². The van der Waals surface area contributed by atoms with E-state index in [0.29, 0.717) is 24.5 Å². The van der Waals surface area contributed by atoms with Crippen LogP contribution in [0.2, 0.25) is 0 Å². The zero-order valence-corrected chi connectivity index (χ0v) is 12.8. The minimum Gasteiger partial charge on any atom is -0.278 e. The summed E-state index contributed by atoms with van der Waals surface area (Å²) in [5.74, 6) is 0.637. The molecule has 2 aromatic heterocycles. The second-order valence-electron chi connectivity index (χ2n) is 4.50. The Morgan fingerprint density at radius 2 is 0.958 bits per heavy atom. The van der Waals surface area contributed by atoms with E-state index in [-0.39, 0.29) is 0 Å². The highest BCUT2D eigenvalue weighted by atomic mass is 16.1. The predicted molar refractivity (Wildman–Crippen MR) is 92.6 cm³/mol. The molecule has 24 heavy (non-hydrogen) atoms. The third-order valence-corrected chi connectivity index (χ3v) is 2.88. The van der Waals surface area contributed by atoms with Crippen LogP contribution in [0.5, 0.6) is 0 Å². The van der Waals surface area contributed by atoms with Crippen molar-refractivity contribution in [3.63, 3.8) is 0 Å². The highest BCUT2D eigenvalue weighted by Gasteiger charge is 1.96. The molecule has 0 radical (unpaired) electrons. The highest BCUT2D eigenvalue weighted by Crippen LogP contribution is 2.14. The van der Waals surface area contributed by atoms with Crippen molar-refractivity contribution in [2.24, 2.45) is 10.2 Å². The van der Waals surface area contributed by atoms with Crippen LogP contribution in [0.25, 0.3) is 0 Å². The number of azo groups is 1. The van der Waals surface area contributed by atoms with Gasteiger partial charge in [0, 0.05) is 12.4 Å². The van der Waals surface area contributed by atoms with Crippen molar-refractivity contribution in [2.75, 3.05) is 0 Å². The summed E-state index contributed by atoms with van der Waals surface area (Å²) >= 11 is 0. The average Bonchev–Trinajstić information content (AvgIpc) is 2.79. The summed E-state index contributed by atoms with van der Waals surface area (Å²) in [4.78, 5) is 22.5. The molecule has 0 amide bonds. The molecule has 2 heterocycles. The number of carbonyl (C=O) groups is 2. The highest BCUT2D eigenvalue weighted by molar-refractivity contribution is 5.59. The summed E-state index contributed by atoms with van der Waals surface area (Å²) in [5, 5.41) is 8.19. The first-order chi connectivity index (χ1) is 11.8. The maximum atomic E-state index is 11.2. The molecule has 0 spiro atoms. The Labute approximate surface area is 139 Å². The third-order valence-electron chi connectivity index (χ3n) is 2.88. The summed E-state index contributed by atoms with van der Waals surface area (Å²) < 4.78 is 2.58.